The molecule has 2 N–H and O–H groups in total. The van der Waals surface area contributed by atoms with Crippen molar-refractivity contribution in [2.75, 3.05) is 18.4 Å². The van der Waals surface area contributed by atoms with Crippen LogP contribution in [0.5, 0.6) is 0 Å². The van der Waals surface area contributed by atoms with Crippen molar-refractivity contribution in [1.29, 1.82) is 0 Å². The second kappa shape index (κ2) is 6.58. The van der Waals surface area contributed by atoms with Crippen molar-refractivity contribution in [3.8, 4) is 0 Å². The monoisotopic (exact) mass is 341 g/mol. The third kappa shape index (κ3) is 2.83. The normalized spacial score (nSPS) is 24.3. The van der Waals surface area contributed by atoms with Crippen molar-refractivity contribution >= 4 is 23.2 Å². The minimum absolute atomic E-state index is 0.0572. The van der Waals surface area contributed by atoms with Gasteiger partial charge < -0.3 is 10.2 Å². The molecule has 1 fully saturated rings. The average molecular weight is 342 g/mol. The van der Waals surface area contributed by atoms with Crippen molar-refractivity contribution in [1.82, 2.24) is 0 Å². The zero-order valence-electron chi connectivity index (χ0n) is 13.6. The molecule has 0 spiro atoms. The number of nitrogens with one attached hydrogen (secondary N) is 2. The molecule has 2 heterocycles. The Morgan fingerprint density at radius 1 is 1.00 bits per heavy atom. The molecule has 4 rings (SSSR count). The Kier molecular flexibility index (Phi) is 4.30. The summed E-state index contributed by atoms with van der Waals surface area (Å²) in [6.07, 6.45) is 3.67. The molecule has 2 unspecified atom stereocenters. The lowest BCUT2D eigenvalue weighted by Crippen LogP contribution is -3.18. The average Bonchev–Trinajstić information content (AvgIpc) is 2.62. The summed E-state index contributed by atoms with van der Waals surface area (Å²) in [5.74, 6) is 0.192. The summed E-state index contributed by atoms with van der Waals surface area (Å²) < 4.78 is 0. The number of benzene rings is 2. The molecule has 1 saturated heterocycles. The number of anilines is 1. The second-order valence-electron chi connectivity index (χ2n) is 6.81. The smallest absolute Gasteiger partial charge is 0.283 e. The van der Waals surface area contributed by atoms with E-state index in [0.717, 1.165) is 29.4 Å². The molecule has 24 heavy (non-hydrogen) atoms. The summed E-state index contributed by atoms with van der Waals surface area (Å²) in [5, 5.41) is 3.84. The van der Waals surface area contributed by atoms with Gasteiger partial charge in [0.25, 0.3) is 5.91 Å². The lowest BCUT2D eigenvalue weighted by molar-refractivity contribution is -0.921. The second-order valence-corrected chi connectivity index (χ2v) is 7.24. The molecule has 0 aliphatic carbocycles. The Balaban J connectivity index is 1.83. The van der Waals surface area contributed by atoms with E-state index in [1.54, 1.807) is 0 Å². The molecule has 2 aliphatic heterocycles. The number of fused-ring (bicyclic) bond motifs is 1. The van der Waals surface area contributed by atoms with Crippen LogP contribution in [0.4, 0.5) is 5.69 Å². The summed E-state index contributed by atoms with van der Waals surface area (Å²) in [6.45, 7) is 2.13. The number of quaternary nitrogens is 1. The van der Waals surface area contributed by atoms with Crippen LogP contribution in [0.2, 0.25) is 5.02 Å². The summed E-state index contributed by atoms with van der Waals surface area (Å²) in [6, 6.07) is 16.1. The molecule has 124 valence electrons. The van der Waals surface area contributed by atoms with Gasteiger partial charge in [-0.1, -0.05) is 41.9 Å². The fourth-order valence-corrected chi connectivity index (χ4v) is 4.40. The number of carbonyl (C=O) groups excluding carboxylic acids is 1. The fourth-order valence-electron chi connectivity index (χ4n) is 4.22. The van der Waals surface area contributed by atoms with E-state index >= 15 is 0 Å². The number of piperidine rings is 1. The molecule has 4 heteroatoms. The van der Waals surface area contributed by atoms with Crippen LogP contribution >= 0.6 is 11.6 Å². The molecular formula is C20H22ClN2O+. The van der Waals surface area contributed by atoms with Crippen molar-refractivity contribution < 1.29 is 9.69 Å². The van der Waals surface area contributed by atoms with E-state index in [1.165, 1.54) is 29.7 Å². The largest absolute Gasteiger partial charge is 0.324 e. The van der Waals surface area contributed by atoms with Gasteiger partial charge in [-0.15, -0.1) is 0 Å². The molecule has 2 aromatic rings. The van der Waals surface area contributed by atoms with Gasteiger partial charge in [0, 0.05) is 10.7 Å². The molecule has 2 aliphatic rings. The lowest BCUT2D eigenvalue weighted by atomic mass is 9.80. The Morgan fingerprint density at radius 3 is 2.50 bits per heavy atom. The minimum Gasteiger partial charge on any atom is -0.324 e. The number of carbonyl (C=O) groups is 1. The van der Waals surface area contributed by atoms with Crippen molar-refractivity contribution in [3.63, 3.8) is 0 Å². The maximum Gasteiger partial charge on any atom is 0.283 e. The highest BCUT2D eigenvalue weighted by Gasteiger charge is 2.44. The van der Waals surface area contributed by atoms with Crippen LogP contribution < -0.4 is 10.2 Å². The summed E-state index contributed by atoms with van der Waals surface area (Å²) in [7, 11) is 0. The zero-order chi connectivity index (χ0) is 16.5. The first-order chi connectivity index (χ1) is 11.7. The molecular weight excluding hydrogens is 320 g/mol. The first-order valence-electron chi connectivity index (χ1n) is 8.74. The fraction of sp³-hybridized carbons (Fsp3) is 0.350. The van der Waals surface area contributed by atoms with E-state index in [4.69, 9.17) is 11.6 Å². The number of hydrogen-bond acceptors (Lipinski definition) is 1. The molecule has 2 atom stereocenters. The third-order valence-corrected chi connectivity index (χ3v) is 5.55. The maximum absolute atomic E-state index is 13.0. The number of rotatable bonds is 2. The van der Waals surface area contributed by atoms with Crippen LogP contribution in [0.25, 0.3) is 0 Å². The molecule has 3 nitrogen and oxygen atoms in total. The Hall–Kier alpha value is -1.84. The Morgan fingerprint density at radius 2 is 1.75 bits per heavy atom. The van der Waals surface area contributed by atoms with Gasteiger partial charge in [-0.3, -0.25) is 4.79 Å². The van der Waals surface area contributed by atoms with Gasteiger partial charge in [0.1, 0.15) is 0 Å². The zero-order valence-corrected chi connectivity index (χ0v) is 14.4. The molecule has 0 aromatic heterocycles. The predicted molar refractivity (Wildman–Crippen MR) is 96.7 cm³/mol. The first-order valence-corrected chi connectivity index (χ1v) is 9.11. The van der Waals surface area contributed by atoms with E-state index in [2.05, 4.69) is 29.6 Å². The highest BCUT2D eigenvalue weighted by atomic mass is 35.5. The lowest BCUT2D eigenvalue weighted by Gasteiger charge is -2.39. The van der Waals surface area contributed by atoms with E-state index < -0.39 is 0 Å². The van der Waals surface area contributed by atoms with Gasteiger partial charge in [-0.05, 0) is 48.6 Å². The number of halogens is 1. The van der Waals surface area contributed by atoms with E-state index in [9.17, 15) is 4.79 Å². The summed E-state index contributed by atoms with van der Waals surface area (Å²) in [5.41, 5.74) is 3.22. The van der Waals surface area contributed by atoms with Gasteiger partial charge in [0.2, 0.25) is 0 Å². The van der Waals surface area contributed by atoms with E-state index in [-0.39, 0.29) is 17.9 Å². The summed E-state index contributed by atoms with van der Waals surface area (Å²) in [4.78, 5) is 14.4. The minimum atomic E-state index is -0.0846. The Labute approximate surface area is 147 Å². The standard InChI is InChI=1S/C20H21ClN2O/c21-15-9-10-17-16(13-15)18(14-7-3-1-4-8-14)19(20(24)22-17)23-11-5-2-6-12-23/h1,3-4,7-10,13,18-19H,2,5-6,11-12H2,(H,22,24)/p+1. The van der Waals surface area contributed by atoms with Crippen LogP contribution in [0.1, 0.15) is 36.3 Å². The van der Waals surface area contributed by atoms with Crippen LogP contribution in [-0.2, 0) is 4.79 Å². The molecule has 1 amide bonds. The highest BCUT2D eigenvalue weighted by Crippen LogP contribution is 2.38. The SMILES string of the molecule is O=C1Nc2ccc(Cl)cc2C(c2ccccc2)C1[NH+]1CCCCC1. The topological polar surface area (TPSA) is 33.5 Å². The number of amides is 1. The summed E-state index contributed by atoms with van der Waals surface area (Å²) >= 11 is 6.28. The number of likely N-dealkylation sites (tertiary alicyclic amines) is 1. The van der Waals surface area contributed by atoms with E-state index in [1.807, 2.05) is 24.3 Å². The van der Waals surface area contributed by atoms with Crippen LogP contribution in [-0.4, -0.2) is 25.0 Å². The molecule has 0 radical (unpaired) electrons. The van der Waals surface area contributed by atoms with Gasteiger partial charge in [-0.2, -0.15) is 0 Å². The van der Waals surface area contributed by atoms with Gasteiger partial charge >= 0.3 is 0 Å². The first kappa shape index (κ1) is 15.7. The van der Waals surface area contributed by atoms with Gasteiger partial charge in [0.05, 0.1) is 19.0 Å². The third-order valence-electron chi connectivity index (χ3n) is 5.32. The van der Waals surface area contributed by atoms with Gasteiger partial charge in [0.15, 0.2) is 6.04 Å². The number of hydrogen-bond donors (Lipinski definition) is 2. The molecule has 0 saturated carbocycles. The molecule has 2 aromatic carbocycles. The van der Waals surface area contributed by atoms with Crippen molar-refractivity contribution in [3.05, 3.63) is 64.7 Å². The highest BCUT2D eigenvalue weighted by molar-refractivity contribution is 6.30. The maximum atomic E-state index is 13.0. The van der Waals surface area contributed by atoms with Gasteiger partial charge in [-0.25, -0.2) is 0 Å². The van der Waals surface area contributed by atoms with Crippen LogP contribution in [0, 0.1) is 0 Å². The van der Waals surface area contributed by atoms with Crippen molar-refractivity contribution in [2.45, 2.75) is 31.2 Å². The predicted octanol–water partition coefficient (Wildman–Crippen LogP) is 2.86. The van der Waals surface area contributed by atoms with E-state index in [0.29, 0.717) is 0 Å². The molecule has 0 bridgehead atoms. The van der Waals surface area contributed by atoms with Crippen LogP contribution in [0.15, 0.2) is 48.5 Å². The van der Waals surface area contributed by atoms with Crippen molar-refractivity contribution in [2.24, 2.45) is 0 Å². The quantitative estimate of drug-likeness (QED) is 0.865. The Bertz CT molecular complexity index is 741. The van der Waals surface area contributed by atoms with Crippen LogP contribution in [0.3, 0.4) is 0 Å².